The number of carboxylic acid groups (broad SMARTS) is 1. The summed E-state index contributed by atoms with van der Waals surface area (Å²) in [6.45, 7) is 9.94. The van der Waals surface area contributed by atoms with Crippen LogP contribution in [0, 0.1) is 11.3 Å². The Morgan fingerprint density at radius 1 is 1.24 bits per heavy atom. The molecular formula is C13H25NO3. The van der Waals surface area contributed by atoms with E-state index in [9.17, 15) is 9.59 Å². The summed E-state index contributed by atoms with van der Waals surface area (Å²) in [6, 6.07) is -0.780. The highest BCUT2D eigenvalue weighted by molar-refractivity contribution is 5.83. The van der Waals surface area contributed by atoms with Crippen molar-refractivity contribution >= 4 is 11.9 Å². The monoisotopic (exact) mass is 243 g/mol. The largest absolute Gasteiger partial charge is 0.480 e. The van der Waals surface area contributed by atoms with E-state index in [4.69, 9.17) is 5.11 Å². The molecule has 0 saturated carbocycles. The number of rotatable bonds is 6. The highest BCUT2D eigenvalue weighted by Crippen LogP contribution is 2.21. The second-order valence-electron chi connectivity index (χ2n) is 6.04. The van der Waals surface area contributed by atoms with Gasteiger partial charge in [0.15, 0.2) is 0 Å². The van der Waals surface area contributed by atoms with Gasteiger partial charge in [0, 0.05) is 6.42 Å². The van der Waals surface area contributed by atoms with Crippen LogP contribution in [0.2, 0.25) is 0 Å². The Morgan fingerprint density at radius 3 is 2.12 bits per heavy atom. The molecular weight excluding hydrogens is 218 g/mol. The summed E-state index contributed by atoms with van der Waals surface area (Å²) in [7, 11) is 0. The quantitative estimate of drug-likeness (QED) is 0.753. The van der Waals surface area contributed by atoms with Crippen molar-refractivity contribution in [1.29, 1.82) is 0 Å². The molecule has 17 heavy (non-hydrogen) atoms. The zero-order chi connectivity index (χ0) is 13.6. The van der Waals surface area contributed by atoms with Gasteiger partial charge in [-0.1, -0.05) is 34.6 Å². The van der Waals surface area contributed by atoms with E-state index >= 15 is 0 Å². The molecule has 0 aromatic heterocycles. The van der Waals surface area contributed by atoms with Crippen LogP contribution in [0.25, 0.3) is 0 Å². The zero-order valence-corrected chi connectivity index (χ0v) is 11.5. The average molecular weight is 243 g/mol. The van der Waals surface area contributed by atoms with Crippen molar-refractivity contribution in [3.05, 3.63) is 0 Å². The molecule has 0 fully saturated rings. The number of carbonyl (C=O) groups is 2. The molecule has 4 nitrogen and oxygen atoms in total. The molecule has 0 unspecified atom stereocenters. The molecule has 0 rings (SSSR count). The standard InChI is InChI=1S/C13H25NO3/c1-9(2)11(12(16)17)14-10(15)7-6-8-13(3,4)5/h9,11H,6-8H2,1-5H3,(H,14,15)(H,16,17)/t11-/m1/s1. The number of amides is 1. The Kier molecular flexibility index (Phi) is 6.21. The highest BCUT2D eigenvalue weighted by Gasteiger charge is 2.23. The van der Waals surface area contributed by atoms with Crippen LogP contribution in [0.3, 0.4) is 0 Å². The summed E-state index contributed by atoms with van der Waals surface area (Å²) >= 11 is 0. The maximum Gasteiger partial charge on any atom is 0.326 e. The van der Waals surface area contributed by atoms with Crippen molar-refractivity contribution in [2.45, 2.75) is 59.9 Å². The third kappa shape index (κ3) is 7.77. The topological polar surface area (TPSA) is 66.4 Å². The molecule has 1 atom stereocenters. The number of hydrogen-bond donors (Lipinski definition) is 2. The van der Waals surface area contributed by atoms with Gasteiger partial charge in [-0.15, -0.1) is 0 Å². The Labute approximate surface area is 104 Å². The van der Waals surface area contributed by atoms with E-state index < -0.39 is 12.0 Å². The highest BCUT2D eigenvalue weighted by atomic mass is 16.4. The third-order valence-corrected chi connectivity index (χ3v) is 2.58. The van der Waals surface area contributed by atoms with Crippen LogP contribution < -0.4 is 5.32 Å². The van der Waals surface area contributed by atoms with Crippen LogP contribution in [0.15, 0.2) is 0 Å². The van der Waals surface area contributed by atoms with Crippen LogP contribution in [-0.4, -0.2) is 23.0 Å². The van der Waals surface area contributed by atoms with Crippen molar-refractivity contribution in [2.24, 2.45) is 11.3 Å². The minimum atomic E-state index is -0.968. The fraction of sp³-hybridized carbons (Fsp3) is 0.846. The van der Waals surface area contributed by atoms with Gasteiger partial charge in [-0.05, 0) is 24.2 Å². The van der Waals surface area contributed by atoms with Crippen LogP contribution in [0.4, 0.5) is 0 Å². The van der Waals surface area contributed by atoms with Crippen molar-refractivity contribution in [1.82, 2.24) is 5.32 Å². The molecule has 1 amide bonds. The summed E-state index contributed by atoms with van der Waals surface area (Å²) < 4.78 is 0. The van der Waals surface area contributed by atoms with Gasteiger partial charge in [-0.2, -0.15) is 0 Å². The predicted molar refractivity (Wildman–Crippen MR) is 67.7 cm³/mol. The Bertz CT molecular complexity index is 266. The van der Waals surface area contributed by atoms with Crippen LogP contribution >= 0.6 is 0 Å². The van der Waals surface area contributed by atoms with Gasteiger partial charge in [-0.3, -0.25) is 4.79 Å². The normalized spacial score (nSPS) is 13.5. The number of hydrogen-bond acceptors (Lipinski definition) is 2. The third-order valence-electron chi connectivity index (χ3n) is 2.58. The fourth-order valence-electron chi connectivity index (χ4n) is 1.54. The lowest BCUT2D eigenvalue weighted by molar-refractivity contribution is -0.143. The van der Waals surface area contributed by atoms with E-state index in [1.54, 1.807) is 13.8 Å². The molecule has 0 spiro atoms. The molecule has 0 radical (unpaired) electrons. The van der Waals surface area contributed by atoms with Gasteiger partial charge in [-0.25, -0.2) is 4.79 Å². The molecule has 0 aliphatic carbocycles. The van der Waals surface area contributed by atoms with Crippen LogP contribution in [0.1, 0.15) is 53.9 Å². The second kappa shape index (κ2) is 6.62. The molecule has 0 aliphatic rings. The van der Waals surface area contributed by atoms with Crippen molar-refractivity contribution in [2.75, 3.05) is 0 Å². The Hall–Kier alpha value is -1.06. The predicted octanol–water partition coefficient (Wildman–Crippen LogP) is 2.43. The maximum absolute atomic E-state index is 11.6. The smallest absolute Gasteiger partial charge is 0.326 e. The first-order chi connectivity index (χ1) is 7.63. The first-order valence-corrected chi connectivity index (χ1v) is 6.15. The summed E-state index contributed by atoms with van der Waals surface area (Å²) in [5, 5.41) is 11.5. The SMILES string of the molecule is CC(C)[C@@H](NC(=O)CCCC(C)(C)C)C(=O)O. The Balaban J connectivity index is 4.04. The minimum Gasteiger partial charge on any atom is -0.480 e. The van der Waals surface area contributed by atoms with E-state index in [0.717, 1.165) is 12.8 Å². The number of carboxylic acids is 1. The summed E-state index contributed by atoms with van der Waals surface area (Å²) in [4.78, 5) is 22.5. The van der Waals surface area contributed by atoms with Crippen molar-refractivity contribution in [3.8, 4) is 0 Å². The number of carbonyl (C=O) groups excluding carboxylic acids is 1. The molecule has 2 N–H and O–H groups in total. The van der Waals surface area contributed by atoms with Crippen molar-refractivity contribution in [3.63, 3.8) is 0 Å². The lowest BCUT2D eigenvalue weighted by Gasteiger charge is -2.20. The second-order valence-corrected chi connectivity index (χ2v) is 6.04. The molecule has 0 aromatic carbocycles. The first kappa shape index (κ1) is 15.9. The molecule has 0 saturated heterocycles. The van der Waals surface area contributed by atoms with Crippen LogP contribution in [-0.2, 0) is 9.59 Å². The van der Waals surface area contributed by atoms with E-state index in [0.29, 0.717) is 6.42 Å². The molecule has 0 aliphatic heterocycles. The van der Waals surface area contributed by atoms with Gasteiger partial charge in [0.05, 0.1) is 0 Å². The summed E-state index contributed by atoms with van der Waals surface area (Å²) in [6.07, 6.45) is 2.15. The summed E-state index contributed by atoms with van der Waals surface area (Å²) in [5.74, 6) is -1.24. The average Bonchev–Trinajstić information content (AvgIpc) is 2.10. The van der Waals surface area contributed by atoms with E-state index in [1.165, 1.54) is 0 Å². The van der Waals surface area contributed by atoms with Crippen molar-refractivity contribution < 1.29 is 14.7 Å². The van der Waals surface area contributed by atoms with Gasteiger partial charge in [0.1, 0.15) is 6.04 Å². The number of nitrogens with one attached hydrogen (secondary N) is 1. The molecule has 100 valence electrons. The van der Waals surface area contributed by atoms with Gasteiger partial charge in [0.25, 0.3) is 0 Å². The zero-order valence-electron chi connectivity index (χ0n) is 11.5. The molecule has 0 heterocycles. The maximum atomic E-state index is 11.6. The fourth-order valence-corrected chi connectivity index (χ4v) is 1.54. The molecule has 0 aromatic rings. The lowest BCUT2D eigenvalue weighted by Crippen LogP contribution is -2.44. The Morgan fingerprint density at radius 2 is 1.76 bits per heavy atom. The van der Waals surface area contributed by atoms with Gasteiger partial charge in [0.2, 0.25) is 5.91 Å². The molecule has 4 heteroatoms. The van der Waals surface area contributed by atoms with Crippen LogP contribution in [0.5, 0.6) is 0 Å². The van der Waals surface area contributed by atoms with E-state index in [1.807, 2.05) is 0 Å². The summed E-state index contributed by atoms with van der Waals surface area (Å²) in [5.41, 5.74) is 0.213. The van der Waals surface area contributed by atoms with E-state index in [-0.39, 0.29) is 17.2 Å². The van der Waals surface area contributed by atoms with Gasteiger partial charge >= 0.3 is 5.97 Å². The van der Waals surface area contributed by atoms with E-state index in [2.05, 4.69) is 26.1 Å². The van der Waals surface area contributed by atoms with Gasteiger partial charge < -0.3 is 10.4 Å². The first-order valence-electron chi connectivity index (χ1n) is 6.15. The molecule has 0 bridgehead atoms. The number of aliphatic carboxylic acids is 1. The minimum absolute atomic E-state index is 0.0981. The lowest BCUT2D eigenvalue weighted by atomic mass is 9.90.